The first-order valence-corrected chi connectivity index (χ1v) is 4.70. The minimum absolute atomic E-state index is 0.317. The molecule has 2 rings (SSSR count). The van der Waals surface area contributed by atoms with E-state index in [1.165, 1.54) is 0 Å². The SMILES string of the molecule is [C-]#[N+]c1[nH]c(C)nc1N=Nc1ccccc1. The van der Waals surface area contributed by atoms with Gasteiger partial charge in [0, 0.05) is 6.92 Å². The van der Waals surface area contributed by atoms with Gasteiger partial charge in [0.2, 0.25) is 5.82 Å². The molecular formula is C11H9N5. The maximum absolute atomic E-state index is 6.93. The van der Waals surface area contributed by atoms with Gasteiger partial charge in [0.15, 0.2) is 5.82 Å². The number of azo groups is 1. The first-order chi connectivity index (χ1) is 7.79. The molecule has 0 fully saturated rings. The number of hydrogen-bond donors (Lipinski definition) is 1. The summed E-state index contributed by atoms with van der Waals surface area (Å²) in [5.74, 6) is 1.31. The van der Waals surface area contributed by atoms with Gasteiger partial charge in [-0.15, -0.1) is 5.11 Å². The monoisotopic (exact) mass is 211 g/mol. The fourth-order valence-corrected chi connectivity index (χ4v) is 1.21. The predicted molar refractivity (Wildman–Crippen MR) is 60.2 cm³/mol. The molecule has 1 aromatic carbocycles. The Hall–Kier alpha value is -2.48. The van der Waals surface area contributed by atoms with Gasteiger partial charge in [-0.2, -0.15) is 5.11 Å². The fraction of sp³-hybridized carbons (Fsp3) is 0.0909. The molecule has 2 aromatic rings. The molecule has 5 heteroatoms. The largest absolute Gasteiger partial charge is 0.361 e. The molecule has 1 aromatic heterocycles. The van der Waals surface area contributed by atoms with Crippen molar-refractivity contribution in [1.29, 1.82) is 0 Å². The van der Waals surface area contributed by atoms with Crippen LogP contribution in [-0.2, 0) is 0 Å². The Morgan fingerprint density at radius 2 is 2.00 bits per heavy atom. The first kappa shape index (κ1) is 10.1. The molecular weight excluding hydrogens is 202 g/mol. The third-order valence-electron chi connectivity index (χ3n) is 1.91. The number of rotatable bonds is 2. The molecule has 1 N–H and O–H groups in total. The van der Waals surface area contributed by atoms with Crippen molar-refractivity contribution in [2.75, 3.05) is 0 Å². The van der Waals surface area contributed by atoms with Crippen molar-refractivity contribution in [1.82, 2.24) is 9.97 Å². The van der Waals surface area contributed by atoms with Crippen LogP contribution < -0.4 is 0 Å². The van der Waals surface area contributed by atoms with Crippen LogP contribution in [0.1, 0.15) is 5.82 Å². The second-order valence-electron chi connectivity index (χ2n) is 3.14. The summed E-state index contributed by atoms with van der Waals surface area (Å²) in [6.07, 6.45) is 0. The lowest BCUT2D eigenvalue weighted by molar-refractivity contribution is 1.12. The Bertz CT molecular complexity index is 547. The molecule has 16 heavy (non-hydrogen) atoms. The average molecular weight is 211 g/mol. The van der Waals surface area contributed by atoms with Gasteiger partial charge >= 0.3 is 0 Å². The number of benzene rings is 1. The maximum atomic E-state index is 6.93. The summed E-state index contributed by atoms with van der Waals surface area (Å²) in [6, 6.07) is 9.32. The Morgan fingerprint density at radius 1 is 1.25 bits per heavy atom. The summed E-state index contributed by atoms with van der Waals surface area (Å²) in [6.45, 7) is 8.71. The highest BCUT2D eigenvalue weighted by Gasteiger charge is 2.06. The van der Waals surface area contributed by atoms with Gasteiger partial charge in [-0.05, 0) is 12.1 Å². The van der Waals surface area contributed by atoms with Crippen LogP contribution in [0, 0.1) is 13.5 Å². The second kappa shape index (κ2) is 4.36. The third-order valence-corrected chi connectivity index (χ3v) is 1.91. The van der Waals surface area contributed by atoms with E-state index in [9.17, 15) is 0 Å². The van der Waals surface area contributed by atoms with Crippen LogP contribution in [0.3, 0.4) is 0 Å². The van der Waals surface area contributed by atoms with E-state index in [2.05, 4.69) is 25.0 Å². The lowest BCUT2D eigenvalue weighted by Crippen LogP contribution is -1.68. The number of aromatic amines is 1. The van der Waals surface area contributed by atoms with Crippen LogP contribution in [-0.4, -0.2) is 9.97 Å². The van der Waals surface area contributed by atoms with Crippen molar-refractivity contribution in [3.05, 3.63) is 47.6 Å². The van der Waals surface area contributed by atoms with Crippen molar-refractivity contribution < 1.29 is 0 Å². The zero-order valence-electron chi connectivity index (χ0n) is 8.68. The van der Waals surface area contributed by atoms with Gasteiger partial charge in [0.05, 0.1) is 5.69 Å². The number of nitrogens with one attached hydrogen (secondary N) is 1. The Labute approximate surface area is 92.7 Å². The van der Waals surface area contributed by atoms with E-state index in [1.54, 1.807) is 6.92 Å². The molecule has 5 nitrogen and oxygen atoms in total. The van der Waals surface area contributed by atoms with Crippen LogP contribution in [0.15, 0.2) is 40.6 Å². The predicted octanol–water partition coefficient (Wildman–Crippen LogP) is 3.68. The smallest absolute Gasteiger partial charge is 0.275 e. The van der Waals surface area contributed by atoms with Gasteiger partial charge in [-0.25, -0.2) is 4.98 Å². The number of hydrogen-bond acceptors (Lipinski definition) is 3. The molecule has 0 saturated carbocycles. The minimum Gasteiger partial charge on any atom is -0.361 e. The number of imidazole rings is 1. The normalized spacial score (nSPS) is 10.5. The van der Waals surface area contributed by atoms with E-state index in [-0.39, 0.29) is 0 Å². The molecule has 0 saturated heterocycles. The van der Waals surface area contributed by atoms with Crippen LogP contribution in [0.5, 0.6) is 0 Å². The Balaban J connectivity index is 2.28. The van der Waals surface area contributed by atoms with E-state index in [4.69, 9.17) is 6.57 Å². The summed E-state index contributed by atoms with van der Waals surface area (Å²) in [4.78, 5) is 10.2. The van der Waals surface area contributed by atoms with Gasteiger partial charge in [0.25, 0.3) is 5.82 Å². The van der Waals surface area contributed by atoms with Crippen LogP contribution in [0.4, 0.5) is 17.3 Å². The van der Waals surface area contributed by atoms with Gasteiger partial charge in [-0.1, -0.05) is 24.8 Å². The topological polar surface area (TPSA) is 57.8 Å². The van der Waals surface area contributed by atoms with Crippen LogP contribution in [0.25, 0.3) is 4.85 Å². The lowest BCUT2D eigenvalue weighted by Gasteiger charge is -1.89. The molecule has 0 amide bonds. The van der Waals surface area contributed by atoms with Gasteiger partial charge < -0.3 is 4.85 Å². The quantitative estimate of drug-likeness (QED) is 0.597. The standard InChI is InChI=1S/C11H9N5/c1-8-13-10(12-2)11(14-8)16-15-9-6-4-3-5-7-9/h3-7H,1H3,(H,13,14). The zero-order chi connectivity index (χ0) is 11.4. The third kappa shape index (κ3) is 2.12. The molecule has 1 heterocycles. The van der Waals surface area contributed by atoms with Crippen LogP contribution in [0.2, 0.25) is 0 Å². The summed E-state index contributed by atoms with van der Waals surface area (Å²) in [5.41, 5.74) is 0.735. The second-order valence-corrected chi connectivity index (χ2v) is 3.14. The molecule has 0 radical (unpaired) electrons. The fourth-order valence-electron chi connectivity index (χ4n) is 1.21. The van der Waals surface area contributed by atoms with E-state index in [0.29, 0.717) is 17.5 Å². The van der Waals surface area contributed by atoms with Crippen molar-refractivity contribution >= 4 is 17.3 Å². The number of aryl methyl sites for hydroxylation is 1. The van der Waals surface area contributed by atoms with Crippen molar-refractivity contribution in [2.24, 2.45) is 10.2 Å². The van der Waals surface area contributed by atoms with Gasteiger partial charge in [0.1, 0.15) is 0 Å². The minimum atomic E-state index is 0.317. The van der Waals surface area contributed by atoms with E-state index in [1.807, 2.05) is 30.3 Å². The van der Waals surface area contributed by atoms with Gasteiger partial charge in [-0.3, -0.25) is 4.98 Å². The highest BCUT2D eigenvalue weighted by Crippen LogP contribution is 2.26. The number of H-pyrrole nitrogens is 1. The molecule has 0 aliphatic heterocycles. The van der Waals surface area contributed by atoms with E-state index in [0.717, 1.165) is 5.69 Å². The molecule has 0 unspecified atom stereocenters. The average Bonchev–Trinajstić information content (AvgIpc) is 2.68. The lowest BCUT2D eigenvalue weighted by atomic mass is 10.3. The Kier molecular flexibility index (Phi) is 2.74. The summed E-state index contributed by atoms with van der Waals surface area (Å²) in [7, 11) is 0. The molecule has 78 valence electrons. The highest BCUT2D eigenvalue weighted by atomic mass is 15.2. The van der Waals surface area contributed by atoms with Crippen LogP contribution >= 0.6 is 0 Å². The highest BCUT2D eigenvalue weighted by molar-refractivity contribution is 5.57. The van der Waals surface area contributed by atoms with Crippen molar-refractivity contribution in [2.45, 2.75) is 6.92 Å². The van der Waals surface area contributed by atoms with Crippen molar-refractivity contribution in [3.8, 4) is 0 Å². The summed E-state index contributed by atoms with van der Waals surface area (Å²) < 4.78 is 0. The van der Waals surface area contributed by atoms with E-state index >= 15 is 0 Å². The molecule has 0 bridgehead atoms. The molecule has 0 spiro atoms. The zero-order valence-corrected chi connectivity index (χ0v) is 8.68. The molecule has 0 aliphatic rings. The summed E-state index contributed by atoms with van der Waals surface area (Å²) in [5, 5.41) is 7.93. The summed E-state index contributed by atoms with van der Waals surface area (Å²) >= 11 is 0. The maximum Gasteiger partial charge on any atom is 0.275 e. The number of aromatic nitrogens is 2. The number of nitrogens with zero attached hydrogens (tertiary/aromatic N) is 4. The van der Waals surface area contributed by atoms with Crippen molar-refractivity contribution in [3.63, 3.8) is 0 Å². The molecule has 0 aliphatic carbocycles. The Morgan fingerprint density at radius 3 is 2.69 bits per heavy atom. The first-order valence-electron chi connectivity index (χ1n) is 4.70. The molecule has 0 atom stereocenters. The van der Waals surface area contributed by atoms with E-state index < -0.39 is 0 Å².